The summed E-state index contributed by atoms with van der Waals surface area (Å²) in [5.41, 5.74) is 5.11. The second kappa shape index (κ2) is 6.20. The second-order valence-corrected chi connectivity index (χ2v) is 9.54. The van der Waals surface area contributed by atoms with Gasteiger partial charge in [0.1, 0.15) is 4.75 Å². The van der Waals surface area contributed by atoms with Crippen molar-refractivity contribution in [3.05, 3.63) is 0 Å². The van der Waals surface area contributed by atoms with Gasteiger partial charge in [-0.15, -0.1) is 0 Å². The van der Waals surface area contributed by atoms with Gasteiger partial charge in [-0.3, -0.25) is 4.79 Å². The molecule has 0 aliphatic heterocycles. The highest BCUT2D eigenvalue weighted by Crippen LogP contribution is 2.34. The zero-order valence-electron chi connectivity index (χ0n) is 13.2. The number of rotatable bonds is 5. The first-order valence-corrected chi connectivity index (χ1v) is 9.58. The van der Waals surface area contributed by atoms with Crippen molar-refractivity contribution in [1.29, 1.82) is 0 Å². The lowest BCUT2D eigenvalue weighted by Crippen LogP contribution is -2.62. The van der Waals surface area contributed by atoms with Gasteiger partial charge >= 0.3 is 0 Å². The molecule has 1 amide bonds. The minimum atomic E-state index is -3.52. The lowest BCUT2D eigenvalue weighted by molar-refractivity contribution is -0.124. The molecule has 0 unspecified atom stereocenters. The van der Waals surface area contributed by atoms with Gasteiger partial charge in [0.05, 0.1) is 10.5 Å². The van der Waals surface area contributed by atoms with Crippen molar-refractivity contribution in [3.8, 4) is 0 Å². The molecule has 1 aliphatic carbocycles. The molecule has 7 heteroatoms. The molecule has 0 bridgehead atoms. The highest BCUT2D eigenvalue weighted by Gasteiger charge is 2.45. The minimum Gasteiger partial charge on any atom is -0.391 e. The Bertz CT molecular complexity index is 518. The van der Waals surface area contributed by atoms with Gasteiger partial charge in [0, 0.05) is 6.26 Å². The molecule has 0 aromatic heterocycles. The molecular weight excluding hydrogens is 308 g/mol. The van der Waals surface area contributed by atoms with E-state index in [2.05, 4.69) is 12.2 Å². The van der Waals surface area contributed by atoms with Gasteiger partial charge in [-0.25, -0.2) is 8.42 Å². The van der Waals surface area contributed by atoms with Crippen LogP contribution in [0.15, 0.2) is 0 Å². The summed E-state index contributed by atoms with van der Waals surface area (Å²) in [6.07, 6.45) is 5.38. The number of sulfone groups is 1. The smallest absolute Gasteiger partial charge is 0.241 e. The summed E-state index contributed by atoms with van der Waals surface area (Å²) in [6.45, 7) is 4.95. The van der Waals surface area contributed by atoms with E-state index in [1.54, 1.807) is 0 Å². The van der Waals surface area contributed by atoms with Crippen LogP contribution in [0.5, 0.6) is 0 Å². The SMILES string of the molecule is CCC1CCC(NC(=O)C(C)(C)S(C)(=O)=O)(C(N)=S)CC1. The normalized spacial score (nSPS) is 27.1. The first-order valence-electron chi connectivity index (χ1n) is 7.28. The Morgan fingerprint density at radius 1 is 1.38 bits per heavy atom. The van der Waals surface area contributed by atoms with Crippen LogP contribution >= 0.6 is 12.2 Å². The standard InChI is InChI=1S/C14H26N2O3S2/c1-5-10-6-8-14(9-7-10,11(15)20)16-12(17)13(2,3)21(4,18)19/h10H,5-9H2,1-4H3,(H2,15,20)(H,16,17). The van der Waals surface area contributed by atoms with E-state index in [9.17, 15) is 13.2 Å². The minimum absolute atomic E-state index is 0.245. The zero-order chi connectivity index (χ0) is 16.5. The number of thiocarbonyl (C=S) groups is 1. The topological polar surface area (TPSA) is 89.3 Å². The third kappa shape index (κ3) is 3.74. The van der Waals surface area contributed by atoms with Crippen LogP contribution in [0.25, 0.3) is 0 Å². The number of carbonyl (C=O) groups is 1. The number of amides is 1. The molecule has 3 N–H and O–H groups in total. The van der Waals surface area contributed by atoms with Gasteiger partial charge in [0.15, 0.2) is 9.84 Å². The Labute approximate surface area is 133 Å². The summed E-state index contributed by atoms with van der Waals surface area (Å²) in [5, 5.41) is 2.84. The van der Waals surface area contributed by atoms with Crippen molar-refractivity contribution in [2.24, 2.45) is 11.7 Å². The maximum atomic E-state index is 12.4. The Morgan fingerprint density at radius 2 is 1.86 bits per heavy atom. The van der Waals surface area contributed by atoms with E-state index in [1.807, 2.05) is 0 Å². The van der Waals surface area contributed by atoms with Gasteiger partial charge in [0.25, 0.3) is 0 Å². The largest absolute Gasteiger partial charge is 0.391 e. The fourth-order valence-corrected chi connectivity index (χ4v) is 3.19. The Hall–Kier alpha value is -0.690. The molecule has 0 spiro atoms. The van der Waals surface area contributed by atoms with Crippen LogP contribution < -0.4 is 11.1 Å². The first kappa shape index (κ1) is 18.4. The fourth-order valence-electron chi connectivity index (χ4n) is 2.55. The van der Waals surface area contributed by atoms with E-state index < -0.39 is 26.0 Å². The summed E-state index contributed by atoms with van der Waals surface area (Å²) in [6, 6.07) is 0. The Kier molecular flexibility index (Phi) is 5.42. The number of nitrogens with one attached hydrogen (secondary N) is 1. The van der Waals surface area contributed by atoms with Crippen LogP contribution in [-0.4, -0.2) is 35.9 Å². The monoisotopic (exact) mass is 334 g/mol. The van der Waals surface area contributed by atoms with E-state index in [0.29, 0.717) is 18.8 Å². The molecule has 5 nitrogen and oxygen atoms in total. The molecule has 0 heterocycles. The molecule has 0 saturated heterocycles. The lowest BCUT2D eigenvalue weighted by atomic mass is 9.75. The van der Waals surface area contributed by atoms with Crippen LogP contribution in [0.3, 0.4) is 0 Å². The number of hydrogen-bond acceptors (Lipinski definition) is 4. The molecular formula is C14H26N2O3S2. The summed E-state index contributed by atoms with van der Waals surface area (Å²) < 4.78 is 22.1. The molecule has 122 valence electrons. The Balaban J connectivity index is 2.96. The Morgan fingerprint density at radius 3 is 2.19 bits per heavy atom. The van der Waals surface area contributed by atoms with Crippen molar-refractivity contribution in [3.63, 3.8) is 0 Å². The van der Waals surface area contributed by atoms with Crippen molar-refractivity contribution < 1.29 is 13.2 Å². The van der Waals surface area contributed by atoms with Crippen LogP contribution in [0.2, 0.25) is 0 Å². The van der Waals surface area contributed by atoms with Gasteiger partial charge in [-0.05, 0) is 45.4 Å². The maximum absolute atomic E-state index is 12.4. The molecule has 0 atom stereocenters. The fraction of sp³-hybridized carbons (Fsp3) is 0.857. The molecule has 0 aromatic carbocycles. The molecule has 1 aliphatic rings. The van der Waals surface area contributed by atoms with Gasteiger partial charge in [0.2, 0.25) is 5.91 Å². The predicted octanol–water partition coefficient (Wildman–Crippen LogP) is 1.55. The van der Waals surface area contributed by atoms with Crippen LogP contribution in [0.1, 0.15) is 52.9 Å². The van der Waals surface area contributed by atoms with Crippen LogP contribution in [0.4, 0.5) is 0 Å². The van der Waals surface area contributed by atoms with E-state index in [4.69, 9.17) is 18.0 Å². The summed E-state index contributed by atoms with van der Waals surface area (Å²) in [7, 11) is -3.52. The van der Waals surface area contributed by atoms with Crippen molar-refractivity contribution in [1.82, 2.24) is 5.32 Å². The first-order chi connectivity index (χ1) is 9.46. The predicted molar refractivity (Wildman–Crippen MR) is 88.8 cm³/mol. The highest BCUT2D eigenvalue weighted by atomic mass is 32.2. The molecule has 21 heavy (non-hydrogen) atoms. The second-order valence-electron chi connectivity index (χ2n) is 6.53. The average molecular weight is 335 g/mol. The molecule has 1 saturated carbocycles. The third-order valence-electron chi connectivity index (χ3n) is 4.83. The quantitative estimate of drug-likeness (QED) is 0.745. The van der Waals surface area contributed by atoms with Crippen molar-refractivity contribution in [2.45, 2.75) is 63.2 Å². The van der Waals surface area contributed by atoms with Gasteiger partial charge in [-0.2, -0.15) is 0 Å². The molecule has 1 rings (SSSR count). The summed E-state index contributed by atoms with van der Waals surface area (Å²) in [5.74, 6) is 0.0834. The number of hydrogen-bond donors (Lipinski definition) is 2. The van der Waals surface area contributed by atoms with Gasteiger partial charge < -0.3 is 11.1 Å². The average Bonchev–Trinajstić information content (AvgIpc) is 2.37. The number of nitrogens with two attached hydrogens (primary N) is 1. The van der Waals surface area contributed by atoms with Gasteiger partial charge in [-0.1, -0.05) is 25.6 Å². The zero-order valence-corrected chi connectivity index (χ0v) is 14.9. The maximum Gasteiger partial charge on any atom is 0.241 e. The van der Waals surface area contributed by atoms with Crippen LogP contribution in [0, 0.1) is 5.92 Å². The van der Waals surface area contributed by atoms with Crippen molar-refractivity contribution >= 4 is 33.0 Å². The summed E-state index contributed by atoms with van der Waals surface area (Å²) >= 11 is 5.15. The summed E-state index contributed by atoms with van der Waals surface area (Å²) in [4.78, 5) is 12.7. The molecule has 0 radical (unpaired) electrons. The number of carbonyl (C=O) groups excluding carboxylic acids is 1. The lowest BCUT2D eigenvalue weighted by Gasteiger charge is -2.41. The van der Waals surface area contributed by atoms with E-state index in [-0.39, 0.29) is 4.99 Å². The van der Waals surface area contributed by atoms with E-state index >= 15 is 0 Å². The molecule has 1 fully saturated rings. The van der Waals surface area contributed by atoms with E-state index in [0.717, 1.165) is 25.5 Å². The van der Waals surface area contributed by atoms with E-state index in [1.165, 1.54) is 13.8 Å². The third-order valence-corrected chi connectivity index (χ3v) is 7.26. The van der Waals surface area contributed by atoms with Crippen LogP contribution in [-0.2, 0) is 14.6 Å². The highest BCUT2D eigenvalue weighted by molar-refractivity contribution is 7.92. The van der Waals surface area contributed by atoms with Crippen molar-refractivity contribution in [2.75, 3.05) is 6.26 Å². The molecule has 0 aromatic rings.